The van der Waals surface area contributed by atoms with Crippen LogP contribution in [-0.2, 0) is 4.79 Å². The lowest BCUT2D eigenvalue weighted by Crippen LogP contribution is -2.24. The maximum atomic E-state index is 12.6. The quantitative estimate of drug-likeness (QED) is 0.670. The van der Waals surface area contributed by atoms with Crippen LogP contribution >= 0.6 is 11.6 Å². The number of hydrogen-bond acceptors (Lipinski definition) is 6. The minimum atomic E-state index is -0.158. The minimum absolute atomic E-state index is 0.00733. The predicted molar refractivity (Wildman–Crippen MR) is 102 cm³/mol. The fourth-order valence-electron chi connectivity index (χ4n) is 3.44. The van der Waals surface area contributed by atoms with Gasteiger partial charge in [-0.2, -0.15) is 4.98 Å². The molecule has 3 aromatic rings. The molecule has 1 aromatic heterocycles. The molecule has 1 atom stereocenters. The molecule has 1 amide bonds. The number of hydrogen-bond donors (Lipinski definition) is 0. The van der Waals surface area contributed by atoms with E-state index in [-0.39, 0.29) is 11.8 Å². The van der Waals surface area contributed by atoms with Crippen LogP contribution in [0.15, 0.2) is 47.0 Å². The molecule has 7 nitrogen and oxygen atoms in total. The molecule has 0 radical (unpaired) electrons. The van der Waals surface area contributed by atoms with Crippen LogP contribution < -0.4 is 14.4 Å². The van der Waals surface area contributed by atoms with Crippen LogP contribution in [0.2, 0.25) is 5.02 Å². The molecule has 5 rings (SSSR count). The first kappa shape index (κ1) is 17.1. The normalized spacial score (nSPS) is 18.5. The zero-order chi connectivity index (χ0) is 19.1. The van der Waals surface area contributed by atoms with Gasteiger partial charge < -0.3 is 18.9 Å². The summed E-state index contributed by atoms with van der Waals surface area (Å²) in [5.41, 5.74) is 1.58. The maximum absolute atomic E-state index is 12.6. The molecule has 2 aliphatic heterocycles. The van der Waals surface area contributed by atoms with Gasteiger partial charge in [-0.15, -0.1) is 0 Å². The summed E-state index contributed by atoms with van der Waals surface area (Å²) >= 11 is 5.92. The van der Waals surface area contributed by atoms with Crippen molar-refractivity contribution < 1.29 is 18.8 Å². The average Bonchev–Trinajstić information content (AvgIpc) is 3.35. The number of nitrogens with zero attached hydrogens (tertiary/aromatic N) is 3. The van der Waals surface area contributed by atoms with Crippen molar-refractivity contribution in [3.05, 3.63) is 53.4 Å². The number of ether oxygens (including phenoxy) is 2. The Bertz CT molecular complexity index is 1030. The first-order valence-electron chi connectivity index (χ1n) is 8.97. The highest BCUT2D eigenvalue weighted by molar-refractivity contribution is 6.30. The van der Waals surface area contributed by atoms with Crippen LogP contribution in [0.5, 0.6) is 11.5 Å². The Morgan fingerprint density at radius 2 is 1.82 bits per heavy atom. The second-order valence-electron chi connectivity index (χ2n) is 6.70. The van der Waals surface area contributed by atoms with Gasteiger partial charge in [-0.25, -0.2) is 0 Å². The summed E-state index contributed by atoms with van der Waals surface area (Å²) in [6.07, 6.45) is 0.316. The van der Waals surface area contributed by atoms with Crippen molar-refractivity contribution in [1.29, 1.82) is 0 Å². The highest BCUT2D eigenvalue weighted by atomic mass is 35.5. The number of halogens is 1. The standard InChI is InChI=1S/C20H16ClN3O4/c21-14-3-1-12(2-4-14)19-22-20(28-23-19)13-9-18(25)24(11-13)15-5-6-16-17(10-15)27-8-7-26-16/h1-6,10,13H,7-9,11H2/t13-/m1/s1. The first-order chi connectivity index (χ1) is 13.7. The lowest BCUT2D eigenvalue weighted by Gasteiger charge is -2.22. The second-order valence-corrected chi connectivity index (χ2v) is 7.13. The van der Waals surface area contributed by atoms with Gasteiger partial charge in [-0.3, -0.25) is 4.79 Å². The third-order valence-electron chi connectivity index (χ3n) is 4.86. The molecule has 0 bridgehead atoms. The van der Waals surface area contributed by atoms with E-state index in [1.165, 1.54) is 0 Å². The van der Waals surface area contributed by atoms with Crippen molar-refractivity contribution in [3.63, 3.8) is 0 Å². The molecule has 0 N–H and O–H groups in total. The monoisotopic (exact) mass is 397 g/mol. The molecule has 2 aliphatic rings. The zero-order valence-corrected chi connectivity index (χ0v) is 15.6. The van der Waals surface area contributed by atoms with E-state index in [4.69, 9.17) is 25.6 Å². The molecular formula is C20H16ClN3O4. The fourth-order valence-corrected chi connectivity index (χ4v) is 3.57. The van der Waals surface area contributed by atoms with Crippen LogP contribution in [0.3, 0.4) is 0 Å². The molecule has 3 heterocycles. The van der Waals surface area contributed by atoms with E-state index in [9.17, 15) is 4.79 Å². The van der Waals surface area contributed by atoms with Crippen molar-refractivity contribution in [2.75, 3.05) is 24.7 Å². The van der Waals surface area contributed by atoms with E-state index in [0.29, 0.717) is 54.4 Å². The van der Waals surface area contributed by atoms with Crippen LogP contribution in [0.25, 0.3) is 11.4 Å². The van der Waals surface area contributed by atoms with Crippen LogP contribution in [0.1, 0.15) is 18.2 Å². The van der Waals surface area contributed by atoms with Crippen LogP contribution in [-0.4, -0.2) is 35.8 Å². The van der Waals surface area contributed by atoms with Gasteiger partial charge in [0.25, 0.3) is 0 Å². The Hall–Kier alpha value is -3.06. The van der Waals surface area contributed by atoms with Gasteiger partial charge in [0.1, 0.15) is 13.2 Å². The topological polar surface area (TPSA) is 77.7 Å². The van der Waals surface area contributed by atoms with Crippen LogP contribution in [0, 0.1) is 0 Å². The van der Waals surface area contributed by atoms with Gasteiger partial charge in [0.2, 0.25) is 17.6 Å². The summed E-state index contributed by atoms with van der Waals surface area (Å²) in [6.45, 7) is 1.51. The highest BCUT2D eigenvalue weighted by Crippen LogP contribution is 2.37. The number of fused-ring (bicyclic) bond motifs is 1. The third kappa shape index (κ3) is 3.07. The molecule has 0 spiro atoms. The number of carbonyl (C=O) groups is 1. The summed E-state index contributed by atoms with van der Waals surface area (Å²) in [6, 6.07) is 12.7. The van der Waals surface area contributed by atoms with Crippen molar-refractivity contribution in [3.8, 4) is 22.9 Å². The molecule has 1 saturated heterocycles. The van der Waals surface area contributed by atoms with Crippen molar-refractivity contribution >= 4 is 23.2 Å². The fraction of sp³-hybridized carbons (Fsp3) is 0.250. The summed E-state index contributed by atoms with van der Waals surface area (Å²) in [5, 5.41) is 4.69. The molecule has 0 saturated carbocycles. The third-order valence-corrected chi connectivity index (χ3v) is 5.11. The van der Waals surface area contributed by atoms with E-state index < -0.39 is 0 Å². The van der Waals surface area contributed by atoms with Gasteiger partial charge in [0.15, 0.2) is 11.5 Å². The Kier molecular flexibility index (Phi) is 4.16. The first-order valence-corrected chi connectivity index (χ1v) is 9.35. The molecule has 0 aliphatic carbocycles. The Morgan fingerprint density at radius 1 is 1.04 bits per heavy atom. The van der Waals surface area contributed by atoms with Crippen LogP contribution in [0.4, 0.5) is 5.69 Å². The van der Waals surface area contributed by atoms with Crippen molar-refractivity contribution in [2.24, 2.45) is 0 Å². The Morgan fingerprint density at radius 3 is 2.64 bits per heavy atom. The van der Waals surface area contributed by atoms with E-state index >= 15 is 0 Å². The lowest BCUT2D eigenvalue weighted by molar-refractivity contribution is -0.117. The molecular weight excluding hydrogens is 382 g/mol. The predicted octanol–water partition coefficient (Wildman–Crippen LogP) is 3.68. The molecule has 2 aromatic carbocycles. The second kappa shape index (κ2) is 6.83. The molecule has 142 valence electrons. The summed E-state index contributed by atoms with van der Waals surface area (Å²) in [5.74, 6) is 2.14. The highest BCUT2D eigenvalue weighted by Gasteiger charge is 2.35. The maximum Gasteiger partial charge on any atom is 0.232 e. The number of amides is 1. The number of aromatic nitrogens is 2. The zero-order valence-electron chi connectivity index (χ0n) is 14.8. The number of rotatable bonds is 3. The van der Waals surface area contributed by atoms with Gasteiger partial charge >= 0.3 is 0 Å². The van der Waals surface area contributed by atoms with E-state index in [0.717, 1.165) is 11.3 Å². The molecule has 0 unspecified atom stereocenters. The average molecular weight is 398 g/mol. The number of carbonyl (C=O) groups excluding carboxylic acids is 1. The minimum Gasteiger partial charge on any atom is -0.486 e. The van der Waals surface area contributed by atoms with Crippen molar-refractivity contribution in [1.82, 2.24) is 10.1 Å². The van der Waals surface area contributed by atoms with Gasteiger partial charge in [-0.1, -0.05) is 16.8 Å². The van der Waals surface area contributed by atoms with Crippen molar-refractivity contribution in [2.45, 2.75) is 12.3 Å². The summed E-state index contributed by atoms with van der Waals surface area (Å²) < 4.78 is 16.6. The molecule has 8 heteroatoms. The van der Waals surface area contributed by atoms with Gasteiger partial charge in [0.05, 0.1) is 5.92 Å². The van der Waals surface area contributed by atoms with E-state index in [2.05, 4.69) is 10.1 Å². The number of anilines is 1. The van der Waals surface area contributed by atoms with E-state index in [1.807, 2.05) is 30.3 Å². The molecule has 1 fully saturated rings. The van der Waals surface area contributed by atoms with Gasteiger partial charge in [-0.05, 0) is 36.4 Å². The number of benzene rings is 2. The smallest absolute Gasteiger partial charge is 0.232 e. The summed E-state index contributed by atoms with van der Waals surface area (Å²) in [7, 11) is 0. The summed E-state index contributed by atoms with van der Waals surface area (Å²) in [4.78, 5) is 18.8. The van der Waals surface area contributed by atoms with E-state index in [1.54, 1.807) is 17.0 Å². The molecule has 28 heavy (non-hydrogen) atoms. The largest absolute Gasteiger partial charge is 0.486 e. The Labute approximate surface area is 165 Å². The lowest BCUT2D eigenvalue weighted by atomic mass is 10.1. The SMILES string of the molecule is O=C1C[C@@H](c2nc(-c3ccc(Cl)cc3)no2)CN1c1ccc2c(c1)OCCO2. The Balaban J connectivity index is 1.36. The van der Waals surface area contributed by atoms with Gasteiger partial charge in [0, 0.05) is 35.3 Å².